The van der Waals surface area contributed by atoms with Crippen LogP contribution < -0.4 is 15.4 Å². The first-order valence-electron chi connectivity index (χ1n) is 7.94. The van der Waals surface area contributed by atoms with Crippen LogP contribution in [0.1, 0.15) is 6.42 Å². The van der Waals surface area contributed by atoms with E-state index in [0.717, 1.165) is 30.9 Å². The molecule has 6 heteroatoms. The molecule has 1 aliphatic heterocycles. The van der Waals surface area contributed by atoms with Gasteiger partial charge in [-0.15, -0.1) is 0 Å². The van der Waals surface area contributed by atoms with Crippen molar-refractivity contribution >= 4 is 11.6 Å². The molecular weight excluding hydrogens is 294 g/mol. The lowest BCUT2D eigenvalue weighted by atomic mass is 9.87. The largest absolute Gasteiger partial charge is 0.492 e. The van der Waals surface area contributed by atoms with E-state index < -0.39 is 5.41 Å². The number of carbonyl (C=O) groups excluding carboxylic acids is 1. The topological polar surface area (TPSA) is 62.8 Å². The summed E-state index contributed by atoms with van der Waals surface area (Å²) in [6.07, 6.45) is 0.790. The van der Waals surface area contributed by atoms with E-state index >= 15 is 0 Å². The number of carbonyl (C=O) groups is 1. The van der Waals surface area contributed by atoms with E-state index in [1.165, 1.54) is 0 Å². The third kappa shape index (κ3) is 4.92. The Morgan fingerprint density at radius 3 is 2.65 bits per heavy atom. The van der Waals surface area contributed by atoms with Gasteiger partial charge in [0.05, 0.1) is 12.0 Å². The highest BCUT2D eigenvalue weighted by Gasteiger charge is 2.41. The molecular formula is C17H27N3O3. The van der Waals surface area contributed by atoms with Crippen molar-refractivity contribution in [1.82, 2.24) is 10.2 Å². The summed E-state index contributed by atoms with van der Waals surface area (Å²) in [6.45, 7) is 3.43. The van der Waals surface area contributed by atoms with Crippen LogP contribution in [-0.4, -0.2) is 64.9 Å². The van der Waals surface area contributed by atoms with Crippen LogP contribution in [0.4, 0.5) is 5.69 Å². The summed E-state index contributed by atoms with van der Waals surface area (Å²) in [7, 11) is 5.65. The second kappa shape index (κ2) is 8.29. The van der Waals surface area contributed by atoms with Crippen LogP contribution in [0, 0.1) is 5.41 Å². The molecule has 1 heterocycles. The Morgan fingerprint density at radius 1 is 1.35 bits per heavy atom. The minimum atomic E-state index is -0.477. The number of methoxy groups -OCH3 is 1. The van der Waals surface area contributed by atoms with Gasteiger partial charge in [-0.3, -0.25) is 4.79 Å². The van der Waals surface area contributed by atoms with Crippen LogP contribution in [0.2, 0.25) is 0 Å². The number of nitrogens with zero attached hydrogens (tertiary/aromatic N) is 1. The molecule has 1 saturated heterocycles. The summed E-state index contributed by atoms with van der Waals surface area (Å²) in [4.78, 5) is 14.7. The molecule has 0 bridgehead atoms. The molecule has 1 amide bonds. The molecule has 1 aromatic carbocycles. The standard InChI is InChI=1S/C17H27N3O3/c1-20(2)10-11-23-15-6-4-14(5-7-15)19-16(21)17(13-22-3)8-9-18-12-17/h4-7,18H,8-13H2,1-3H3,(H,19,21). The Balaban J connectivity index is 1.91. The Labute approximate surface area is 138 Å². The molecule has 2 N–H and O–H groups in total. The van der Waals surface area contributed by atoms with E-state index in [9.17, 15) is 4.79 Å². The Bertz CT molecular complexity index is 496. The van der Waals surface area contributed by atoms with Gasteiger partial charge in [-0.1, -0.05) is 0 Å². The average Bonchev–Trinajstić information content (AvgIpc) is 2.99. The highest BCUT2D eigenvalue weighted by atomic mass is 16.5. The summed E-state index contributed by atoms with van der Waals surface area (Å²) < 4.78 is 10.9. The maximum atomic E-state index is 12.6. The fourth-order valence-electron chi connectivity index (χ4n) is 2.65. The fourth-order valence-corrected chi connectivity index (χ4v) is 2.65. The van der Waals surface area contributed by atoms with Crippen LogP contribution >= 0.6 is 0 Å². The zero-order valence-corrected chi connectivity index (χ0v) is 14.2. The van der Waals surface area contributed by atoms with Gasteiger partial charge in [0.1, 0.15) is 12.4 Å². The number of ether oxygens (including phenoxy) is 2. The number of amides is 1. The van der Waals surface area contributed by atoms with Crippen LogP contribution in [0.5, 0.6) is 5.75 Å². The highest BCUT2D eigenvalue weighted by molar-refractivity contribution is 5.96. The van der Waals surface area contributed by atoms with Gasteiger partial charge in [0, 0.05) is 25.9 Å². The third-order valence-electron chi connectivity index (χ3n) is 4.07. The van der Waals surface area contributed by atoms with Crippen LogP contribution in [-0.2, 0) is 9.53 Å². The molecule has 0 aliphatic carbocycles. The zero-order chi connectivity index (χ0) is 16.7. The molecule has 0 saturated carbocycles. The maximum absolute atomic E-state index is 12.6. The van der Waals surface area contributed by atoms with Crippen LogP contribution in [0.25, 0.3) is 0 Å². The first-order chi connectivity index (χ1) is 11.1. The van der Waals surface area contributed by atoms with Crippen molar-refractivity contribution in [2.45, 2.75) is 6.42 Å². The molecule has 0 aromatic heterocycles. The molecule has 0 radical (unpaired) electrons. The first-order valence-corrected chi connectivity index (χ1v) is 7.94. The number of anilines is 1. The Kier molecular flexibility index (Phi) is 6.38. The predicted octanol–water partition coefficient (Wildman–Crippen LogP) is 1.19. The minimum absolute atomic E-state index is 0.00521. The van der Waals surface area contributed by atoms with Crippen molar-refractivity contribution in [2.75, 3.05) is 59.4 Å². The van der Waals surface area contributed by atoms with Gasteiger partial charge in [-0.25, -0.2) is 0 Å². The second-order valence-electron chi connectivity index (χ2n) is 6.27. The number of hydrogen-bond acceptors (Lipinski definition) is 5. The number of benzene rings is 1. The van der Waals surface area contributed by atoms with Crippen molar-refractivity contribution in [3.63, 3.8) is 0 Å². The number of nitrogens with one attached hydrogen (secondary N) is 2. The summed E-state index contributed by atoms with van der Waals surface area (Å²) in [6, 6.07) is 7.49. The molecule has 1 aliphatic rings. The van der Waals surface area contributed by atoms with E-state index in [0.29, 0.717) is 19.8 Å². The molecule has 1 unspecified atom stereocenters. The van der Waals surface area contributed by atoms with Crippen LogP contribution in [0.15, 0.2) is 24.3 Å². The molecule has 23 heavy (non-hydrogen) atoms. The van der Waals surface area contributed by atoms with Crippen molar-refractivity contribution in [3.8, 4) is 5.75 Å². The Morgan fingerprint density at radius 2 is 2.09 bits per heavy atom. The average molecular weight is 321 g/mol. The molecule has 2 rings (SSSR count). The highest BCUT2D eigenvalue weighted by Crippen LogP contribution is 2.28. The van der Waals surface area contributed by atoms with Gasteiger partial charge < -0.3 is 25.0 Å². The van der Waals surface area contributed by atoms with Gasteiger partial charge in [0.25, 0.3) is 0 Å². The lowest BCUT2D eigenvalue weighted by Crippen LogP contribution is -2.41. The molecule has 1 aromatic rings. The smallest absolute Gasteiger partial charge is 0.234 e. The van der Waals surface area contributed by atoms with E-state index in [-0.39, 0.29) is 5.91 Å². The predicted molar refractivity (Wildman–Crippen MR) is 90.9 cm³/mol. The quantitative estimate of drug-likeness (QED) is 0.753. The van der Waals surface area contributed by atoms with Crippen LogP contribution in [0.3, 0.4) is 0 Å². The van der Waals surface area contributed by atoms with Gasteiger partial charge in [0.15, 0.2) is 0 Å². The summed E-state index contributed by atoms with van der Waals surface area (Å²) in [5.41, 5.74) is 0.299. The number of rotatable bonds is 8. The van der Waals surface area contributed by atoms with Gasteiger partial charge in [-0.05, 0) is 51.3 Å². The first kappa shape index (κ1) is 17.7. The van der Waals surface area contributed by atoms with Gasteiger partial charge >= 0.3 is 0 Å². The number of hydrogen-bond donors (Lipinski definition) is 2. The van der Waals surface area contributed by atoms with E-state index in [2.05, 4.69) is 15.5 Å². The third-order valence-corrected chi connectivity index (χ3v) is 4.07. The lowest BCUT2D eigenvalue weighted by molar-refractivity contribution is -0.127. The normalized spacial score (nSPS) is 20.7. The lowest BCUT2D eigenvalue weighted by Gasteiger charge is -2.26. The minimum Gasteiger partial charge on any atom is -0.492 e. The fraction of sp³-hybridized carbons (Fsp3) is 0.588. The Hall–Kier alpha value is -1.63. The van der Waals surface area contributed by atoms with Crippen molar-refractivity contribution in [2.24, 2.45) is 5.41 Å². The molecule has 0 spiro atoms. The van der Waals surface area contributed by atoms with Crippen molar-refractivity contribution in [1.29, 1.82) is 0 Å². The van der Waals surface area contributed by atoms with Gasteiger partial charge in [0.2, 0.25) is 5.91 Å². The van der Waals surface area contributed by atoms with Crippen molar-refractivity contribution in [3.05, 3.63) is 24.3 Å². The molecule has 1 fully saturated rings. The summed E-state index contributed by atoms with van der Waals surface area (Å²) in [5, 5.41) is 6.23. The SMILES string of the molecule is COCC1(C(=O)Nc2ccc(OCCN(C)C)cc2)CCNC1. The second-order valence-corrected chi connectivity index (χ2v) is 6.27. The monoisotopic (exact) mass is 321 g/mol. The maximum Gasteiger partial charge on any atom is 0.234 e. The van der Waals surface area contributed by atoms with E-state index in [1.807, 2.05) is 38.4 Å². The van der Waals surface area contributed by atoms with E-state index in [1.54, 1.807) is 7.11 Å². The zero-order valence-electron chi connectivity index (χ0n) is 14.2. The summed E-state index contributed by atoms with van der Waals surface area (Å²) in [5.74, 6) is 0.810. The molecule has 1 atom stereocenters. The summed E-state index contributed by atoms with van der Waals surface area (Å²) >= 11 is 0. The van der Waals surface area contributed by atoms with Crippen molar-refractivity contribution < 1.29 is 14.3 Å². The number of likely N-dealkylation sites (N-methyl/N-ethyl adjacent to an activating group) is 1. The van der Waals surface area contributed by atoms with E-state index in [4.69, 9.17) is 9.47 Å². The molecule has 6 nitrogen and oxygen atoms in total. The molecule has 128 valence electrons. The van der Waals surface area contributed by atoms with Gasteiger partial charge in [-0.2, -0.15) is 0 Å².